The second-order valence-electron chi connectivity index (χ2n) is 10.9. The molecule has 3 aliphatic heterocycles. The van der Waals surface area contributed by atoms with Gasteiger partial charge >= 0.3 is 0 Å². The summed E-state index contributed by atoms with van der Waals surface area (Å²) in [5, 5.41) is 6.03. The number of nitrogens with zero attached hydrogens (tertiary/aromatic N) is 3. The number of anilines is 1. The highest BCUT2D eigenvalue weighted by molar-refractivity contribution is 7.92. The smallest absolute Gasteiger partial charge is 0.247 e. The van der Waals surface area contributed by atoms with Crippen LogP contribution >= 0.6 is 0 Å². The Labute approximate surface area is 235 Å². The van der Waals surface area contributed by atoms with Crippen molar-refractivity contribution in [3.8, 4) is 0 Å². The number of aliphatic imine (C=N–C) groups is 1. The van der Waals surface area contributed by atoms with E-state index in [1.54, 1.807) is 4.90 Å². The average molecular weight is 568 g/mol. The van der Waals surface area contributed by atoms with Gasteiger partial charge in [0.1, 0.15) is 12.1 Å². The van der Waals surface area contributed by atoms with Crippen LogP contribution in [-0.2, 0) is 36.4 Å². The summed E-state index contributed by atoms with van der Waals surface area (Å²) in [5.41, 5.74) is 2.38. The number of hydrogen-bond acceptors (Lipinski definition) is 7. The van der Waals surface area contributed by atoms with E-state index < -0.39 is 22.1 Å². The second-order valence-corrected chi connectivity index (χ2v) is 12.8. The maximum atomic E-state index is 13.8. The molecule has 0 bridgehead atoms. The fraction of sp³-hybridized carbons (Fsp3) is 0.483. The SMILES string of the molecule is CC1=NCCC(C(=O)N[C@H](COCc2ccccc2)C(=O)N2CCC3(CC2)CN(S(C)(=O)=O)c2ccccc23)N1. The third-order valence-corrected chi connectivity index (χ3v) is 9.23. The van der Waals surface area contributed by atoms with Gasteiger partial charge in [-0.05, 0) is 43.4 Å². The Morgan fingerprint density at radius 3 is 2.52 bits per heavy atom. The second kappa shape index (κ2) is 11.6. The number of amides is 2. The van der Waals surface area contributed by atoms with Crippen molar-refractivity contribution in [2.45, 2.75) is 50.3 Å². The molecule has 2 amide bonds. The standard InChI is InChI=1S/C29H37N5O5S/c1-21-30-15-12-24(31-21)27(35)32-25(19-39-18-22-8-4-3-5-9-22)28(36)33-16-13-29(14-17-33)20-34(40(2,37)38)26-11-7-6-10-23(26)29/h3-11,24-25H,12-20H2,1-2H3,(H,30,31)(H,32,35)/t24?,25-/m1/s1. The van der Waals surface area contributed by atoms with Crippen molar-refractivity contribution >= 4 is 33.4 Å². The van der Waals surface area contributed by atoms with Gasteiger partial charge in [-0.25, -0.2) is 8.42 Å². The molecular weight excluding hydrogens is 530 g/mol. The molecule has 0 aromatic heterocycles. The first-order chi connectivity index (χ1) is 19.2. The van der Waals surface area contributed by atoms with Gasteiger partial charge in [0.05, 0.1) is 31.0 Å². The molecule has 1 fully saturated rings. The van der Waals surface area contributed by atoms with Crippen molar-refractivity contribution in [3.63, 3.8) is 0 Å². The normalized spacial score (nSPS) is 20.9. The molecule has 0 radical (unpaired) electrons. The van der Waals surface area contributed by atoms with Gasteiger partial charge in [0.2, 0.25) is 21.8 Å². The summed E-state index contributed by atoms with van der Waals surface area (Å²) in [7, 11) is -3.42. The number of likely N-dealkylation sites (tertiary alicyclic amines) is 1. The number of rotatable bonds is 8. The zero-order valence-electron chi connectivity index (χ0n) is 23.0. The van der Waals surface area contributed by atoms with E-state index in [0.29, 0.717) is 57.9 Å². The molecule has 1 unspecified atom stereocenters. The molecule has 2 N–H and O–H groups in total. The number of ether oxygens (including phenoxy) is 1. The van der Waals surface area contributed by atoms with Gasteiger partial charge in [-0.15, -0.1) is 0 Å². The number of hydrogen-bond donors (Lipinski definition) is 2. The lowest BCUT2D eigenvalue weighted by Crippen LogP contribution is -2.58. The van der Waals surface area contributed by atoms with Crippen LogP contribution in [0, 0.1) is 0 Å². The number of amidine groups is 1. The summed E-state index contributed by atoms with van der Waals surface area (Å²) >= 11 is 0. The number of nitrogens with one attached hydrogen (secondary N) is 2. The predicted octanol–water partition coefficient (Wildman–Crippen LogP) is 1.81. The van der Waals surface area contributed by atoms with Crippen LogP contribution in [0.2, 0.25) is 0 Å². The average Bonchev–Trinajstić information content (AvgIpc) is 3.27. The molecule has 11 heteroatoms. The van der Waals surface area contributed by atoms with Crippen molar-refractivity contribution < 1.29 is 22.7 Å². The van der Waals surface area contributed by atoms with Gasteiger partial charge in [-0.2, -0.15) is 0 Å². The number of carbonyl (C=O) groups excluding carboxylic acids is 2. The molecule has 2 aromatic carbocycles. The Kier molecular flexibility index (Phi) is 8.14. The van der Waals surface area contributed by atoms with Crippen LogP contribution in [0.15, 0.2) is 59.6 Å². The first-order valence-corrected chi connectivity index (χ1v) is 15.6. The van der Waals surface area contributed by atoms with Crippen molar-refractivity contribution in [1.82, 2.24) is 15.5 Å². The minimum Gasteiger partial charge on any atom is -0.374 e. The molecule has 0 aliphatic carbocycles. The molecule has 5 rings (SSSR count). The lowest BCUT2D eigenvalue weighted by atomic mass is 9.74. The van der Waals surface area contributed by atoms with Crippen LogP contribution in [0.5, 0.6) is 0 Å². The lowest BCUT2D eigenvalue weighted by Gasteiger charge is -2.41. The number of benzene rings is 2. The molecule has 2 aromatic rings. The first-order valence-electron chi connectivity index (χ1n) is 13.7. The number of sulfonamides is 1. The van der Waals surface area contributed by atoms with Crippen LogP contribution in [0.25, 0.3) is 0 Å². The van der Waals surface area contributed by atoms with E-state index in [9.17, 15) is 18.0 Å². The zero-order valence-corrected chi connectivity index (χ0v) is 23.8. The first kappa shape index (κ1) is 28.1. The highest BCUT2D eigenvalue weighted by Crippen LogP contribution is 2.47. The maximum Gasteiger partial charge on any atom is 0.247 e. The number of fused-ring (bicyclic) bond motifs is 2. The minimum absolute atomic E-state index is 0.0472. The summed E-state index contributed by atoms with van der Waals surface area (Å²) < 4.78 is 32.5. The Hall–Kier alpha value is -3.44. The van der Waals surface area contributed by atoms with E-state index in [-0.39, 0.29) is 23.8 Å². The third kappa shape index (κ3) is 6.00. The zero-order chi connectivity index (χ0) is 28.3. The fourth-order valence-electron chi connectivity index (χ4n) is 5.93. The third-order valence-electron chi connectivity index (χ3n) is 8.10. The molecule has 10 nitrogen and oxygen atoms in total. The molecule has 214 valence electrons. The largest absolute Gasteiger partial charge is 0.374 e. The topological polar surface area (TPSA) is 120 Å². The van der Waals surface area contributed by atoms with Crippen LogP contribution in [0.4, 0.5) is 5.69 Å². The van der Waals surface area contributed by atoms with Crippen molar-refractivity contribution in [1.29, 1.82) is 0 Å². The van der Waals surface area contributed by atoms with E-state index in [1.165, 1.54) is 10.6 Å². The maximum absolute atomic E-state index is 13.8. The van der Waals surface area contributed by atoms with Crippen LogP contribution in [0.1, 0.15) is 37.3 Å². The molecular formula is C29H37N5O5S. The van der Waals surface area contributed by atoms with Gasteiger partial charge in [0, 0.05) is 31.6 Å². The fourth-order valence-corrected chi connectivity index (χ4v) is 6.93. The Balaban J connectivity index is 1.28. The summed E-state index contributed by atoms with van der Waals surface area (Å²) in [5.74, 6) is 0.262. The summed E-state index contributed by atoms with van der Waals surface area (Å²) in [6.45, 7) is 4.05. The number of carbonyl (C=O) groups is 2. The molecule has 3 aliphatic rings. The van der Waals surface area contributed by atoms with Crippen molar-refractivity contribution in [3.05, 3.63) is 65.7 Å². The van der Waals surface area contributed by atoms with Gasteiger partial charge in [-0.1, -0.05) is 48.5 Å². The monoisotopic (exact) mass is 567 g/mol. The Morgan fingerprint density at radius 1 is 1.12 bits per heavy atom. The lowest BCUT2D eigenvalue weighted by molar-refractivity contribution is -0.140. The summed E-state index contributed by atoms with van der Waals surface area (Å²) in [6.07, 6.45) is 3.05. The van der Waals surface area contributed by atoms with Crippen LogP contribution in [0.3, 0.4) is 0 Å². The number of para-hydroxylation sites is 1. The van der Waals surface area contributed by atoms with Gasteiger partial charge in [-0.3, -0.25) is 18.9 Å². The van der Waals surface area contributed by atoms with Gasteiger partial charge in [0.25, 0.3) is 0 Å². The Morgan fingerprint density at radius 2 is 1.82 bits per heavy atom. The van der Waals surface area contributed by atoms with Gasteiger partial charge < -0.3 is 20.3 Å². The van der Waals surface area contributed by atoms with E-state index >= 15 is 0 Å². The molecule has 1 spiro atoms. The van der Waals surface area contributed by atoms with Crippen molar-refractivity contribution in [2.24, 2.45) is 4.99 Å². The summed E-state index contributed by atoms with van der Waals surface area (Å²) in [6, 6.07) is 16.0. The molecule has 2 atom stereocenters. The molecule has 1 saturated heterocycles. The number of piperidine rings is 1. The highest BCUT2D eigenvalue weighted by atomic mass is 32.2. The summed E-state index contributed by atoms with van der Waals surface area (Å²) in [4.78, 5) is 33.0. The van der Waals surface area contributed by atoms with Gasteiger partial charge in [0.15, 0.2) is 0 Å². The predicted molar refractivity (Wildman–Crippen MR) is 154 cm³/mol. The Bertz CT molecular complexity index is 1370. The molecule has 3 heterocycles. The van der Waals surface area contributed by atoms with E-state index in [2.05, 4.69) is 15.6 Å². The molecule has 0 saturated carbocycles. The molecule has 40 heavy (non-hydrogen) atoms. The van der Waals surface area contributed by atoms with Crippen LogP contribution < -0.4 is 14.9 Å². The highest BCUT2D eigenvalue weighted by Gasteiger charge is 2.48. The van der Waals surface area contributed by atoms with E-state index in [1.807, 2.05) is 61.5 Å². The van der Waals surface area contributed by atoms with E-state index in [0.717, 1.165) is 16.8 Å². The minimum atomic E-state index is -3.42. The van der Waals surface area contributed by atoms with E-state index in [4.69, 9.17) is 4.74 Å². The van der Waals surface area contributed by atoms with Crippen molar-refractivity contribution in [2.75, 3.05) is 43.3 Å². The quantitative estimate of drug-likeness (QED) is 0.502. The van der Waals surface area contributed by atoms with Crippen LogP contribution in [-0.4, -0.2) is 82.1 Å².